The maximum absolute atomic E-state index is 5.24. The molecule has 0 saturated carbocycles. The summed E-state index contributed by atoms with van der Waals surface area (Å²) in [6, 6.07) is 8.05. The molecule has 1 fully saturated rings. The third-order valence-corrected chi connectivity index (χ3v) is 4.76. The van der Waals surface area contributed by atoms with Gasteiger partial charge in [-0.05, 0) is 43.7 Å². The largest absolute Gasteiger partial charge is 0.497 e. The fraction of sp³-hybridized carbons (Fsp3) is 0.389. The van der Waals surface area contributed by atoms with Gasteiger partial charge in [-0.2, -0.15) is 5.10 Å². The number of aromatic nitrogens is 5. The van der Waals surface area contributed by atoms with Crippen molar-refractivity contribution in [3.8, 4) is 11.4 Å². The van der Waals surface area contributed by atoms with E-state index in [0.717, 1.165) is 55.6 Å². The van der Waals surface area contributed by atoms with E-state index in [2.05, 4.69) is 41.8 Å². The van der Waals surface area contributed by atoms with Crippen LogP contribution in [-0.2, 0) is 6.54 Å². The van der Waals surface area contributed by atoms with Crippen molar-refractivity contribution in [2.45, 2.75) is 25.3 Å². The number of methoxy groups -OCH3 is 1. The Morgan fingerprint density at radius 3 is 2.88 bits per heavy atom. The molecule has 25 heavy (non-hydrogen) atoms. The summed E-state index contributed by atoms with van der Waals surface area (Å²) in [5.41, 5.74) is 1.09. The molecule has 4 rings (SSSR count). The molecule has 3 aromatic rings. The number of aromatic amines is 1. The molecule has 1 atom stereocenters. The number of rotatable bonds is 5. The van der Waals surface area contributed by atoms with Gasteiger partial charge in [-0.25, -0.2) is 9.97 Å². The second-order valence-electron chi connectivity index (χ2n) is 6.36. The molecular formula is C18H22N6O. The van der Waals surface area contributed by atoms with E-state index >= 15 is 0 Å². The lowest BCUT2D eigenvalue weighted by atomic mass is 9.97. The van der Waals surface area contributed by atoms with Gasteiger partial charge in [0.15, 0.2) is 0 Å². The molecule has 0 radical (unpaired) electrons. The Balaban J connectivity index is 1.48. The minimum atomic E-state index is 0.417. The normalized spacial score (nSPS) is 18.4. The van der Waals surface area contributed by atoms with Gasteiger partial charge in [-0.3, -0.25) is 10.00 Å². The molecule has 1 saturated heterocycles. The zero-order valence-electron chi connectivity index (χ0n) is 14.3. The van der Waals surface area contributed by atoms with Crippen LogP contribution >= 0.6 is 0 Å². The minimum absolute atomic E-state index is 0.417. The van der Waals surface area contributed by atoms with Crippen molar-refractivity contribution in [2.24, 2.45) is 0 Å². The number of nitrogens with one attached hydrogen (secondary N) is 1. The maximum atomic E-state index is 5.24. The summed E-state index contributed by atoms with van der Waals surface area (Å²) in [6.07, 6.45) is 7.77. The monoisotopic (exact) mass is 338 g/mol. The fourth-order valence-electron chi connectivity index (χ4n) is 3.46. The van der Waals surface area contributed by atoms with E-state index in [4.69, 9.17) is 4.74 Å². The second kappa shape index (κ2) is 7.06. The third-order valence-electron chi connectivity index (χ3n) is 4.76. The molecule has 2 aromatic heterocycles. The Bertz CT molecular complexity index is 795. The maximum Gasteiger partial charge on any atom is 0.137 e. The molecule has 3 heterocycles. The first-order valence-electron chi connectivity index (χ1n) is 8.58. The van der Waals surface area contributed by atoms with Gasteiger partial charge in [-0.1, -0.05) is 0 Å². The molecule has 1 aliphatic rings. The number of nitrogens with zero attached hydrogens (tertiary/aromatic N) is 5. The number of benzene rings is 1. The molecule has 1 N–H and O–H groups in total. The Hall–Kier alpha value is -2.67. The van der Waals surface area contributed by atoms with E-state index in [0.29, 0.717) is 5.92 Å². The van der Waals surface area contributed by atoms with Gasteiger partial charge in [0.2, 0.25) is 0 Å². The number of hydrogen-bond donors (Lipinski definition) is 1. The summed E-state index contributed by atoms with van der Waals surface area (Å²) in [5.74, 6) is 3.31. The summed E-state index contributed by atoms with van der Waals surface area (Å²) in [6.45, 7) is 2.88. The highest BCUT2D eigenvalue weighted by Gasteiger charge is 2.24. The van der Waals surface area contributed by atoms with Crippen LogP contribution in [0.4, 0.5) is 0 Å². The first kappa shape index (κ1) is 15.8. The van der Waals surface area contributed by atoms with Gasteiger partial charge in [-0.15, -0.1) is 0 Å². The molecule has 0 bridgehead atoms. The summed E-state index contributed by atoms with van der Waals surface area (Å²) < 4.78 is 7.37. The van der Waals surface area contributed by atoms with Gasteiger partial charge in [0.05, 0.1) is 13.7 Å². The van der Waals surface area contributed by atoms with Crippen LogP contribution in [0.5, 0.6) is 5.75 Å². The first-order valence-corrected chi connectivity index (χ1v) is 8.58. The van der Waals surface area contributed by atoms with Crippen molar-refractivity contribution in [3.63, 3.8) is 0 Å². The topological polar surface area (TPSA) is 71.9 Å². The SMILES string of the molecule is COc1ccc(-n2ccnc2CN2CCC[C@H](c3ncn[nH]3)C2)cc1. The van der Waals surface area contributed by atoms with E-state index < -0.39 is 0 Å². The van der Waals surface area contributed by atoms with Gasteiger partial charge < -0.3 is 9.30 Å². The highest BCUT2D eigenvalue weighted by Crippen LogP contribution is 2.25. The molecule has 0 unspecified atom stereocenters. The molecule has 7 nitrogen and oxygen atoms in total. The number of imidazole rings is 1. The summed E-state index contributed by atoms with van der Waals surface area (Å²) >= 11 is 0. The molecule has 7 heteroatoms. The molecule has 130 valence electrons. The number of likely N-dealkylation sites (tertiary alicyclic amines) is 1. The molecule has 1 aliphatic heterocycles. The molecule has 0 amide bonds. The van der Waals surface area contributed by atoms with Crippen molar-refractivity contribution < 1.29 is 4.74 Å². The van der Waals surface area contributed by atoms with E-state index in [-0.39, 0.29) is 0 Å². The van der Waals surface area contributed by atoms with Crippen molar-refractivity contribution in [1.29, 1.82) is 0 Å². The zero-order valence-corrected chi connectivity index (χ0v) is 14.3. The molecule has 1 aromatic carbocycles. The predicted octanol–water partition coefficient (Wildman–Crippen LogP) is 2.38. The number of hydrogen-bond acceptors (Lipinski definition) is 5. The van der Waals surface area contributed by atoms with Crippen LogP contribution in [-0.4, -0.2) is 49.8 Å². The average molecular weight is 338 g/mol. The van der Waals surface area contributed by atoms with Gasteiger partial charge in [0.25, 0.3) is 0 Å². The quantitative estimate of drug-likeness (QED) is 0.773. The first-order chi connectivity index (χ1) is 12.3. The third kappa shape index (κ3) is 3.41. The van der Waals surface area contributed by atoms with Crippen molar-refractivity contribution in [2.75, 3.05) is 20.2 Å². The van der Waals surface area contributed by atoms with Crippen LogP contribution < -0.4 is 4.74 Å². The zero-order chi connectivity index (χ0) is 17.1. The van der Waals surface area contributed by atoms with E-state index in [1.54, 1.807) is 13.4 Å². The van der Waals surface area contributed by atoms with Crippen molar-refractivity contribution in [3.05, 3.63) is 54.6 Å². The van der Waals surface area contributed by atoms with Crippen LogP contribution in [0, 0.1) is 0 Å². The molecule has 0 aliphatic carbocycles. The van der Waals surface area contributed by atoms with Crippen molar-refractivity contribution >= 4 is 0 Å². The minimum Gasteiger partial charge on any atom is -0.497 e. The molecular weight excluding hydrogens is 316 g/mol. The number of piperidine rings is 1. The number of ether oxygens (including phenoxy) is 1. The van der Waals surface area contributed by atoms with Crippen LogP contribution in [0.3, 0.4) is 0 Å². The lowest BCUT2D eigenvalue weighted by Gasteiger charge is -2.31. The van der Waals surface area contributed by atoms with Crippen LogP contribution in [0.15, 0.2) is 43.0 Å². The fourth-order valence-corrected chi connectivity index (χ4v) is 3.46. The van der Waals surface area contributed by atoms with E-state index in [9.17, 15) is 0 Å². The number of H-pyrrole nitrogens is 1. The second-order valence-corrected chi connectivity index (χ2v) is 6.36. The van der Waals surface area contributed by atoms with Gasteiger partial charge in [0, 0.05) is 30.5 Å². The summed E-state index contributed by atoms with van der Waals surface area (Å²) in [5, 5.41) is 7.00. The van der Waals surface area contributed by atoms with Crippen LogP contribution in [0.25, 0.3) is 5.69 Å². The Morgan fingerprint density at radius 1 is 1.24 bits per heavy atom. The standard InChI is InChI=1S/C18H22N6O/c1-25-16-6-4-15(5-7-16)24-10-8-19-17(24)12-23-9-2-3-14(11-23)18-20-13-21-22-18/h4-8,10,13-14H,2-3,9,11-12H2,1H3,(H,20,21,22)/t14-/m0/s1. The Kier molecular flexibility index (Phi) is 4.47. The highest BCUT2D eigenvalue weighted by molar-refractivity contribution is 5.38. The average Bonchev–Trinajstić information content (AvgIpc) is 3.34. The lowest BCUT2D eigenvalue weighted by Crippen LogP contribution is -2.35. The predicted molar refractivity (Wildman–Crippen MR) is 93.8 cm³/mol. The van der Waals surface area contributed by atoms with Crippen LogP contribution in [0.2, 0.25) is 0 Å². The highest BCUT2D eigenvalue weighted by atomic mass is 16.5. The molecule has 0 spiro atoms. The summed E-state index contributed by atoms with van der Waals surface area (Å²) in [7, 11) is 1.68. The van der Waals surface area contributed by atoms with Gasteiger partial charge in [0.1, 0.15) is 23.7 Å². The van der Waals surface area contributed by atoms with E-state index in [1.807, 2.05) is 24.5 Å². The smallest absolute Gasteiger partial charge is 0.137 e. The van der Waals surface area contributed by atoms with Crippen LogP contribution in [0.1, 0.15) is 30.4 Å². The van der Waals surface area contributed by atoms with E-state index in [1.165, 1.54) is 0 Å². The van der Waals surface area contributed by atoms with Crippen molar-refractivity contribution in [1.82, 2.24) is 29.6 Å². The Morgan fingerprint density at radius 2 is 2.12 bits per heavy atom. The summed E-state index contributed by atoms with van der Waals surface area (Å²) in [4.78, 5) is 11.3. The van der Waals surface area contributed by atoms with Gasteiger partial charge >= 0.3 is 0 Å². The lowest BCUT2D eigenvalue weighted by molar-refractivity contribution is 0.191. The Labute approximate surface area is 146 Å².